The summed E-state index contributed by atoms with van der Waals surface area (Å²) in [6, 6.07) is 1.73. The molecule has 2 aromatic rings. The molecule has 0 atom stereocenters. The van der Waals surface area contributed by atoms with E-state index in [0.29, 0.717) is 14.8 Å². The normalized spacial score (nSPS) is 11.0. The predicted molar refractivity (Wildman–Crippen MR) is 66.8 cm³/mol. The van der Waals surface area contributed by atoms with Crippen LogP contribution in [0.25, 0.3) is 0 Å². The van der Waals surface area contributed by atoms with Gasteiger partial charge in [0, 0.05) is 0 Å². The van der Waals surface area contributed by atoms with Gasteiger partial charge >= 0.3 is 0 Å². The number of carbonyl (C=O) groups is 1. The molecule has 0 amide bonds. The van der Waals surface area contributed by atoms with E-state index in [1.807, 2.05) is 13.8 Å². The van der Waals surface area contributed by atoms with Gasteiger partial charge in [0.25, 0.3) is 0 Å². The summed E-state index contributed by atoms with van der Waals surface area (Å²) in [7, 11) is 0. The Kier molecular flexibility index (Phi) is 3.37. The average Bonchev–Trinajstić information content (AvgIpc) is 2.84. The molecule has 0 aromatic carbocycles. The number of hydrogen-bond donors (Lipinski definition) is 0. The highest BCUT2D eigenvalue weighted by molar-refractivity contribution is 7.15. The molecule has 0 aliphatic rings. The third-order valence-electron chi connectivity index (χ3n) is 2.09. The van der Waals surface area contributed by atoms with Gasteiger partial charge in [-0.25, -0.2) is 0 Å². The van der Waals surface area contributed by atoms with Crippen molar-refractivity contribution in [3.63, 3.8) is 0 Å². The maximum Gasteiger partial charge on any atom is 0.217 e. The largest absolute Gasteiger partial charge is 0.287 e. The lowest BCUT2D eigenvalue weighted by molar-refractivity contribution is 0.104. The number of thiophene rings is 1. The Morgan fingerprint density at radius 1 is 1.44 bits per heavy atom. The number of nitrogens with zero attached hydrogens (tertiary/aromatic N) is 2. The van der Waals surface area contributed by atoms with Crippen LogP contribution >= 0.6 is 34.5 Å². The smallest absolute Gasteiger partial charge is 0.217 e. The Balaban J connectivity index is 2.42. The Morgan fingerprint density at radius 3 is 2.75 bits per heavy atom. The van der Waals surface area contributed by atoms with Crippen LogP contribution in [-0.2, 0) is 0 Å². The van der Waals surface area contributed by atoms with Crippen LogP contribution in [0.1, 0.15) is 40.0 Å². The van der Waals surface area contributed by atoms with Crippen molar-refractivity contribution in [3.8, 4) is 0 Å². The fourth-order valence-electron chi connectivity index (χ4n) is 1.29. The standard InChI is InChI=1S/C10H9ClN2OS2/c1-5(2)7-10(16-13-12-7)8(14)9-6(11)3-4-15-9/h3-5H,1-2H3. The molecule has 6 heteroatoms. The molecule has 0 fully saturated rings. The van der Waals surface area contributed by atoms with E-state index < -0.39 is 0 Å². The summed E-state index contributed by atoms with van der Waals surface area (Å²) in [6.45, 7) is 3.98. The number of hydrogen-bond acceptors (Lipinski definition) is 5. The summed E-state index contributed by atoms with van der Waals surface area (Å²) < 4.78 is 3.84. The monoisotopic (exact) mass is 272 g/mol. The molecule has 0 bridgehead atoms. The summed E-state index contributed by atoms with van der Waals surface area (Å²) >= 11 is 8.41. The van der Waals surface area contributed by atoms with Gasteiger partial charge < -0.3 is 0 Å². The molecule has 3 nitrogen and oxygen atoms in total. The lowest BCUT2D eigenvalue weighted by Crippen LogP contribution is -2.02. The summed E-state index contributed by atoms with van der Waals surface area (Å²) in [4.78, 5) is 13.3. The Hall–Kier alpha value is -0.780. The minimum atomic E-state index is -0.0706. The molecule has 0 unspecified atom stereocenters. The van der Waals surface area contributed by atoms with Crippen LogP contribution in [0.3, 0.4) is 0 Å². The second kappa shape index (κ2) is 4.61. The van der Waals surface area contributed by atoms with E-state index in [9.17, 15) is 4.79 Å². The van der Waals surface area contributed by atoms with Crippen molar-refractivity contribution >= 4 is 40.3 Å². The Bertz CT molecular complexity index is 518. The SMILES string of the molecule is CC(C)c1nnsc1C(=O)c1sccc1Cl. The lowest BCUT2D eigenvalue weighted by atomic mass is 10.1. The lowest BCUT2D eigenvalue weighted by Gasteiger charge is -2.01. The van der Waals surface area contributed by atoms with Gasteiger partial charge in [0.05, 0.1) is 15.6 Å². The van der Waals surface area contributed by atoms with Gasteiger partial charge in [-0.3, -0.25) is 4.79 Å². The minimum Gasteiger partial charge on any atom is -0.287 e. The van der Waals surface area contributed by atoms with E-state index in [2.05, 4.69) is 9.59 Å². The molecule has 84 valence electrons. The third-order valence-corrected chi connectivity index (χ3v) is 4.17. The molecule has 2 aromatic heterocycles. The fourth-order valence-corrected chi connectivity index (χ4v) is 3.21. The molecule has 0 saturated carbocycles. The van der Waals surface area contributed by atoms with E-state index in [1.165, 1.54) is 11.3 Å². The Morgan fingerprint density at radius 2 is 2.19 bits per heavy atom. The molecule has 0 aliphatic carbocycles. The molecular formula is C10H9ClN2OS2. The number of ketones is 1. The van der Waals surface area contributed by atoms with Gasteiger partial charge in [-0.2, -0.15) is 0 Å². The number of halogens is 1. The molecule has 2 heterocycles. The molecule has 0 spiro atoms. The number of aromatic nitrogens is 2. The second-order valence-electron chi connectivity index (χ2n) is 3.57. The summed E-state index contributed by atoms with van der Waals surface area (Å²) in [5, 5.41) is 6.29. The molecule has 16 heavy (non-hydrogen) atoms. The van der Waals surface area contributed by atoms with Gasteiger partial charge in [-0.05, 0) is 28.9 Å². The van der Waals surface area contributed by atoms with Crippen molar-refractivity contribution in [2.45, 2.75) is 19.8 Å². The molecule has 0 radical (unpaired) electrons. The van der Waals surface area contributed by atoms with Gasteiger partial charge in [0.2, 0.25) is 5.78 Å². The first kappa shape index (κ1) is 11.7. The van der Waals surface area contributed by atoms with E-state index in [0.717, 1.165) is 17.2 Å². The highest BCUT2D eigenvalue weighted by atomic mass is 35.5. The molecule has 0 saturated heterocycles. The highest BCUT2D eigenvalue weighted by Crippen LogP contribution is 2.29. The van der Waals surface area contributed by atoms with Gasteiger partial charge in [-0.15, -0.1) is 16.4 Å². The van der Waals surface area contributed by atoms with Gasteiger partial charge in [-0.1, -0.05) is 29.9 Å². The third kappa shape index (κ3) is 2.03. The van der Waals surface area contributed by atoms with Crippen molar-refractivity contribution in [1.82, 2.24) is 9.59 Å². The van der Waals surface area contributed by atoms with Crippen LogP contribution in [0, 0.1) is 0 Å². The molecule has 0 N–H and O–H groups in total. The maximum absolute atomic E-state index is 12.2. The minimum absolute atomic E-state index is 0.0706. The van der Waals surface area contributed by atoms with E-state index in [1.54, 1.807) is 11.4 Å². The summed E-state index contributed by atoms with van der Waals surface area (Å²) in [5.41, 5.74) is 0.750. The van der Waals surface area contributed by atoms with E-state index in [4.69, 9.17) is 11.6 Å². The zero-order chi connectivity index (χ0) is 11.7. The fraction of sp³-hybridized carbons (Fsp3) is 0.300. The number of carbonyl (C=O) groups excluding carboxylic acids is 1. The summed E-state index contributed by atoms with van der Waals surface area (Å²) in [5.74, 6) is 0.120. The van der Waals surface area contributed by atoms with Crippen molar-refractivity contribution < 1.29 is 4.79 Å². The quantitative estimate of drug-likeness (QED) is 0.802. The van der Waals surface area contributed by atoms with Crippen LogP contribution in [-0.4, -0.2) is 15.4 Å². The zero-order valence-electron chi connectivity index (χ0n) is 8.73. The second-order valence-corrected chi connectivity index (χ2v) is 5.65. The van der Waals surface area contributed by atoms with Crippen LogP contribution in [0.15, 0.2) is 11.4 Å². The number of rotatable bonds is 3. The molecule has 2 rings (SSSR count). The maximum atomic E-state index is 12.2. The highest BCUT2D eigenvalue weighted by Gasteiger charge is 2.22. The molecule has 0 aliphatic heterocycles. The first-order valence-corrected chi connectivity index (χ1v) is 6.74. The van der Waals surface area contributed by atoms with E-state index in [-0.39, 0.29) is 11.7 Å². The average molecular weight is 273 g/mol. The van der Waals surface area contributed by atoms with Crippen LogP contribution in [0.4, 0.5) is 0 Å². The van der Waals surface area contributed by atoms with Crippen LogP contribution in [0.2, 0.25) is 5.02 Å². The van der Waals surface area contributed by atoms with Crippen molar-refractivity contribution in [1.29, 1.82) is 0 Å². The van der Waals surface area contributed by atoms with Crippen LogP contribution in [0.5, 0.6) is 0 Å². The Labute approximate surface area is 106 Å². The van der Waals surface area contributed by atoms with Crippen molar-refractivity contribution in [2.24, 2.45) is 0 Å². The molecular weight excluding hydrogens is 264 g/mol. The van der Waals surface area contributed by atoms with Crippen molar-refractivity contribution in [3.05, 3.63) is 31.9 Å². The van der Waals surface area contributed by atoms with Crippen molar-refractivity contribution in [2.75, 3.05) is 0 Å². The van der Waals surface area contributed by atoms with Gasteiger partial charge in [0.15, 0.2) is 0 Å². The first-order chi connectivity index (χ1) is 7.61. The van der Waals surface area contributed by atoms with Gasteiger partial charge in [0.1, 0.15) is 4.88 Å². The van der Waals surface area contributed by atoms with E-state index >= 15 is 0 Å². The first-order valence-electron chi connectivity index (χ1n) is 4.71. The predicted octanol–water partition coefficient (Wildman–Crippen LogP) is 3.61. The summed E-state index contributed by atoms with van der Waals surface area (Å²) in [6.07, 6.45) is 0. The zero-order valence-corrected chi connectivity index (χ0v) is 11.1. The van der Waals surface area contributed by atoms with Crippen LogP contribution < -0.4 is 0 Å². The topological polar surface area (TPSA) is 42.9 Å².